The molecule has 0 aliphatic carbocycles. The van der Waals surface area contributed by atoms with Crippen LogP contribution in [0, 0.1) is 5.82 Å². The molecule has 2 aromatic rings. The molecule has 0 radical (unpaired) electrons. The van der Waals surface area contributed by atoms with Crippen LogP contribution in [0.3, 0.4) is 0 Å². The molecule has 2 rings (SSSR count). The van der Waals surface area contributed by atoms with Gasteiger partial charge in [-0.05, 0) is 6.07 Å². The van der Waals surface area contributed by atoms with Crippen molar-refractivity contribution in [3.05, 3.63) is 53.6 Å². The van der Waals surface area contributed by atoms with Gasteiger partial charge in [0.25, 0.3) is 5.91 Å². The van der Waals surface area contributed by atoms with E-state index in [0.29, 0.717) is 11.1 Å². The van der Waals surface area contributed by atoms with Gasteiger partial charge in [0, 0.05) is 18.3 Å². The van der Waals surface area contributed by atoms with Gasteiger partial charge >= 0.3 is 0 Å². The molecule has 1 heterocycles. The summed E-state index contributed by atoms with van der Waals surface area (Å²) in [6.45, 7) is 0.163. The van der Waals surface area contributed by atoms with Gasteiger partial charge < -0.3 is 5.32 Å². The Morgan fingerprint density at radius 1 is 1.44 bits per heavy atom. The second-order valence-corrected chi connectivity index (χ2v) is 3.26. The summed E-state index contributed by atoms with van der Waals surface area (Å²) in [7, 11) is 0. The van der Waals surface area contributed by atoms with Gasteiger partial charge in [0.05, 0.1) is 11.8 Å². The zero-order valence-corrected chi connectivity index (χ0v) is 8.40. The second-order valence-electron chi connectivity index (χ2n) is 3.26. The largest absolute Gasteiger partial charge is 0.348 e. The van der Waals surface area contributed by atoms with Gasteiger partial charge in [0.1, 0.15) is 5.82 Å². The molecule has 0 fully saturated rings. The van der Waals surface area contributed by atoms with Gasteiger partial charge in [-0.3, -0.25) is 9.89 Å². The van der Waals surface area contributed by atoms with Crippen molar-refractivity contribution in [3.63, 3.8) is 0 Å². The van der Waals surface area contributed by atoms with Crippen molar-refractivity contribution in [2.75, 3.05) is 0 Å². The van der Waals surface area contributed by atoms with Crippen LogP contribution in [0.5, 0.6) is 0 Å². The molecule has 0 atom stereocenters. The van der Waals surface area contributed by atoms with E-state index in [1.54, 1.807) is 18.2 Å². The number of hydrogen-bond donors (Lipinski definition) is 2. The fourth-order valence-electron chi connectivity index (χ4n) is 1.29. The Kier molecular flexibility index (Phi) is 2.95. The first-order valence-corrected chi connectivity index (χ1v) is 4.78. The third-order valence-corrected chi connectivity index (χ3v) is 2.16. The summed E-state index contributed by atoms with van der Waals surface area (Å²) < 4.78 is 13.2. The van der Waals surface area contributed by atoms with Crippen LogP contribution in [0.4, 0.5) is 4.39 Å². The molecule has 0 spiro atoms. The standard InChI is InChI=1S/C11H10FN3O/c12-10-4-2-1-3-8(10)5-13-11(16)9-6-14-15-7-9/h1-4,6-7H,5H2,(H,13,16)(H,14,15). The minimum atomic E-state index is -0.324. The first-order chi connectivity index (χ1) is 7.77. The third-order valence-electron chi connectivity index (χ3n) is 2.16. The van der Waals surface area contributed by atoms with Gasteiger partial charge in [-0.1, -0.05) is 18.2 Å². The Hall–Kier alpha value is -2.17. The van der Waals surface area contributed by atoms with Crippen molar-refractivity contribution < 1.29 is 9.18 Å². The predicted octanol–water partition coefficient (Wildman–Crippen LogP) is 1.48. The number of nitrogens with one attached hydrogen (secondary N) is 2. The maximum atomic E-state index is 13.2. The Morgan fingerprint density at radius 2 is 2.25 bits per heavy atom. The summed E-state index contributed by atoms with van der Waals surface area (Å²) in [5.41, 5.74) is 0.885. The monoisotopic (exact) mass is 219 g/mol. The van der Waals surface area contributed by atoms with Crippen molar-refractivity contribution in [1.82, 2.24) is 15.5 Å². The van der Waals surface area contributed by atoms with Crippen molar-refractivity contribution in [3.8, 4) is 0 Å². The summed E-state index contributed by atoms with van der Waals surface area (Å²) in [5.74, 6) is -0.605. The predicted molar refractivity (Wildman–Crippen MR) is 56.2 cm³/mol. The molecule has 4 nitrogen and oxygen atoms in total. The van der Waals surface area contributed by atoms with E-state index in [1.165, 1.54) is 18.5 Å². The van der Waals surface area contributed by atoms with Crippen LogP contribution in [0.1, 0.15) is 15.9 Å². The number of aromatic amines is 1. The first-order valence-electron chi connectivity index (χ1n) is 4.78. The van der Waals surface area contributed by atoms with Gasteiger partial charge in [0.15, 0.2) is 0 Å². The van der Waals surface area contributed by atoms with Crippen molar-refractivity contribution in [1.29, 1.82) is 0 Å². The van der Waals surface area contributed by atoms with Crippen LogP contribution in [-0.2, 0) is 6.54 Å². The number of hydrogen-bond acceptors (Lipinski definition) is 2. The van der Waals surface area contributed by atoms with Gasteiger partial charge in [0.2, 0.25) is 0 Å². The highest BCUT2D eigenvalue weighted by atomic mass is 19.1. The molecule has 5 heteroatoms. The summed E-state index contributed by atoms with van der Waals surface area (Å²) >= 11 is 0. The van der Waals surface area contributed by atoms with Crippen LogP contribution in [-0.4, -0.2) is 16.1 Å². The highest BCUT2D eigenvalue weighted by molar-refractivity contribution is 5.93. The molecule has 1 amide bonds. The van der Waals surface area contributed by atoms with Gasteiger partial charge in [-0.15, -0.1) is 0 Å². The van der Waals surface area contributed by atoms with Crippen LogP contribution in [0.25, 0.3) is 0 Å². The Morgan fingerprint density at radius 3 is 2.94 bits per heavy atom. The summed E-state index contributed by atoms with van der Waals surface area (Å²) in [6.07, 6.45) is 2.90. The van der Waals surface area contributed by atoms with E-state index < -0.39 is 0 Å². The smallest absolute Gasteiger partial charge is 0.254 e. The molecule has 0 unspecified atom stereocenters. The van der Waals surface area contributed by atoms with E-state index in [2.05, 4.69) is 15.5 Å². The molecule has 1 aromatic heterocycles. The van der Waals surface area contributed by atoms with E-state index >= 15 is 0 Å². The molecular weight excluding hydrogens is 209 g/mol. The molecule has 0 saturated heterocycles. The number of aromatic nitrogens is 2. The van der Waals surface area contributed by atoms with E-state index in [-0.39, 0.29) is 18.3 Å². The van der Waals surface area contributed by atoms with Gasteiger partial charge in [-0.2, -0.15) is 5.10 Å². The number of rotatable bonds is 3. The van der Waals surface area contributed by atoms with E-state index in [9.17, 15) is 9.18 Å². The summed E-state index contributed by atoms with van der Waals surface area (Å²) in [5, 5.41) is 8.79. The number of carbonyl (C=O) groups excluding carboxylic acids is 1. The van der Waals surface area contributed by atoms with Crippen molar-refractivity contribution in [2.45, 2.75) is 6.54 Å². The van der Waals surface area contributed by atoms with Gasteiger partial charge in [-0.25, -0.2) is 4.39 Å². The van der Waals surface area contributed by atoms with E-state index in [4.69, 9.17) is 0 Å². The minimum absolute atomic E-state index is 0.163. The summed E-state index contributed by atoms with van der Waals surface area (Å²) in [6, 6.07) is 6.32. The van der Waals surface area contributed by atoms with Crippen LogP contribution in [0.2, 0.25) is 0 Å². The van der Waals surface area contributed by atoms with Crippen molar-refractivity contribution in [2.24, 2.45) is 0 Å². The Labute approximate surface area is 91.5 Å². The highest BCUT2D eigenvalue weighted by Crippen LogP contribution is 2.05. The molecule has 0 aliphatic rings. The first kappa shape index (κ1) is 10.4. The van der Waals surface area contributed by atoms with Crippen molar-refractivity contribution >= 4 is 5.91 Å². The molecule has 0 saturated carbocycles. The second kappa shape index (κ2) is 4.57. The number of benzene rings is 1. The minimum Gasteiger partial charge on any atom is -0.348 e. The third kappa shape index (κ3) is 2.25. The lowest BCUT2D eigenvalue weighted by Crippen LogP contribution is -2.22. The van der Waals surface area contributed by atoms with E-state index in [0.717, 1.165) is 0 Å². The fraction of sp³-hybridized carbons (Fsp3) is 0.0909. The molecule has 0 bridgehead atoms. The number of nitrogens with zero attached hydrogens (tertiary/aromatic N) is 1. The number of carbonyl (C=O) groups is 1. The number of amides is 1. The number of H-pyrrole nitrogens is 1. The fourth-order valence-corrected chi connectivity index (χ4v) is 1.29. The van der Waals surface area contributed by atoms with E-state index in [1.807, 2.05) is 0 Å². The average Bonchev–Trinajstić information content (AvgIpc) is 2.81. The quantitative estimate of drug-likeness (QED) is 0.821. The number of halogens is 1. The lowest BCUT2D eigenvalue weighted by Gasteiger charge is -2.04. The molecule has 2 N–H and O–H groups in total. The maximum Gasteiger partial charge on any atom is 0.254 e. The topological polar surface area (TPSA) is 57.8 Å². The van der Waals surface area contributed by atoms with Crippen LogP contribution in [0.15, 0.2) is 36.7 Å². The Bertz CT molecular complexity index is 482. The zero-order valence-electron chi connectivity index (χ0n) is 8.40. The highest BCUT2D eigenvalue weighted by Gasteiger charge is 2.07. The van der Waals surface area contributed by atoms with Crippen LogP contribution < -0.4 is 5.32 Å². The SMILES string of the molecule is O=C(NCc1ccccc1F)c1cn[nH]c1. The van der Waals surface area contributed by atoms with Crippen LogP contribution >= 0.6 is 0 Å². The average molecular weight is 219 g/mol. The lowest BCUT2D eigenvalue weighted by molar-refractivity contribution is 0.0950. The molecule has 0 aliphatic heterocycles. The summed E-state index contributed by atoms with van der Waals surface area (Å²) in [4.78, 5) is 11.5. The lowest BCUT2D eigenvalue weighted by atomic mass is 10.2. The molecular formula is C11H10FN3O. The maximum absolute atomic E-state index is 13.2. The zero-order chi connectivity index (χ0) is 11.4. The normalized spacial score (nSPS) is 10.1. The molecule has 82 valence electrons. The molecule has 16 heavy (non-hydrogen) atoms. The Balaban J connectivity index is 1.98. The molecule has 1 aromatic carbocycles.